The lowest BCUT2D eigenvalue weighted by Crippen LogP contribution is -2.38. The van der Waals surface area contributed by atoms with Crippen molar-refractivity contribution in [2.45, 2.75) is 26.3 Å². The Morgan fingerprint density at radius 3 is 2.61 bits per heavy atom. The molecule has 0 unspecified atom stereocenters. The largest absolute Gasteiger partial charge is 0.382 e. The molecule has 0 aliphatic heterocycles. The molecule has 18 heavy (non-hydrogen) atoms. The van der Waals surface area contributed by atoms with Gasteiger partial charge in [0.15, 0.2) is 0 Å². The molecule has 0 atom stereocenters. The highest BCUT2D eigenvalue weighted by molar-refractivity contribution is 5.90. The Morgan fingerprint density at radius 1 is 1.06 bits per heavy atom. The Labute approximate surface area is 109 Å². The van der Waals surface area contributed by atoms with Crippen LogP contribution in [-0.2, 0) is 0 Å². The van der Waals surface area contributed by atoms with E-state index in [2.05, 4.69) is 60.7 Å². The van der Waals surface area contributed by atoms with E-state index in [1.54, 1.807) is 0 Å². The van der Waals surface area contributed by atoms with Gasteiger partial charge in [-0.15, -0.1) is 0 Å². The number of pyridine rings is 1. The lowest BCUT2D eigenvalue weighted by atomic mass is 10.1. The summed E-state index contributed by atoms with van der Waals surface area (Å²) in [5, 5.41) is 8.06. The van der Waals surface area contributed by atoms with Crippen LogP contribution in [-0.4, -0.2) is 23.6 Å². The number of anilines is 1. The molecule has 3 nitrogen and oxygen atoms in total. The van der Waals surface area contributed by atoms with E-state index in [4.69, 9.17) is 0 Å². The number of para-hydroxylation sites is 1. The molecular weight excluding hydrogens is 222 g/mol. The molecule has 96 valence electrons. The summed E-state index contributed by atoms with van der Waals surface area (Å²) >= 11 is 0. The van der Waals surface area contributed by atoms with Crippen molar-refractivity contribution >= 4 is 16.6 Å². The summed E-state index contributed by atoms with van der Waals surface area (Å²) in [6.07, 6.45) is 1.83. The fourth-order valence-electron chi connectivity index (χ4n) is 1.88. The van der Waals surface area contributed by atoms with Crippen LogP contribution in [0.2, 0.25) is 0 Å². The zero-order valence-electron chi connectivity index (χ0n) is 11.3. The molecule has 0 saturated heterocycles. The van der Waals surface area contributed by atoms with Gasteiger partial charge >= 0.3 is 0 Å². The molecule has 2 N–H and O–H groups in total. The summed E-state index contributed by atoms with van der Waals surface area (Å²) in [7, 11) is 0. The highest BCUT2D eigenvalue weighted by Crippen LogP contribution is 2.20. The molecule has 0 amide bonds. The lowest BCUT2D eigenvalue weighted by Gasteiger charge is -2.20. The predicted molar refractivity (Wildman–Crippen MR) is 78.0 cm³/mol. The van der Waals surface area contributed by atoms with Crippen LogP contribution >= 0.6 is 0 Å². The number of benzene rings is 1. The second kappa shape index (κ2) is 5.36. The van der Waals surface area contributed by atoms with Crippen LogP contribution in [0.15, 0.2) is 36.5 Å². The van der Waals surface area contributed by atoms with Crippen molar-refractivity contribution in [2.75, 3.05) is 18.4 Å². The average Bonchev–Trinajstić information content (AvgIpc) is 2.33. The number of fused-ring (bicyclic) bond motifs is 1. The van der Waals surface area contributed by atoms with Gasteiger partial charge in [0, 0.05) is 30.2 Å². The highest BCUT2D eigenvalue weighted by atomic mass is 15.0. The molecule has 1 heterocycles. The Hall–Kier alpha value is -1.61. The zero-order chi connectivity index (χ0) is 13.0. The van der Waals surface area contributed by atoms with Crippen molar-refractivity contribution in [3.63, 3.8) is 0 Å². The topological polar surface area (TPSA) is 37.0 Å². The van der Waals surface area contributed by atoms with Crippen LogP contribution in [0.1, 0.15) is 20.8 Å². The number of aromatic nitrogens is 1. The van der Waals surface area contributed by atoms with Crippen LogP contribution in [0.4, 0.5) is 5.69 Å². The van der Waals surface area contributed by atoms with Gasteiger partial charge in [-0.25, -0.2) is 0 Å². The van der Waals surface area contributed by atoms with Crippen molar-refractivity contribution in [1.29, 1.82) is 0 Å². The number of rotatable bonds is 4. The molecule has 0 fully saturated rings. The zero-order valence-corrected chi connectivity index (χ0v) is 11.3. The normalized spacial score (nSPS) is 11.7. The fourth-order valence-corrected chi connectivity index (χ4v) is 1.88. The van der Waals surface area contributed by atoms with Crippen LogP contribution in [0.5, 0.6) is 0 Å². The van der Waals surface area contributed by atoms with Gasteiger partial charge in [-0.2, -0.15) is 0 Å². The highest BCUT2D eigenvalue weighted by Gasteiger charge is 2.07. The smallest absolute Gasteiger partial charge is 0.0933 e. The van der Waals surface area contributed by atoms with Gasteiger partial charge in [-0.05, 0) is 32.9 Å². The van der Waals surface area contributed by atoms with Gasteiger partial charge in [0.25, 0.3) is 0 Å². The summed E-state index contributed by atoms with van der Waals surface area (Å²) in [6, 6.07) is 10.3. The van der Waals surface area contributed by atoms with E-state index < -0.39 is 0 Å². The minimum atomic E-state index is 0.165. The molecule has 3 heteroatoms. The molecule has 0 saturated carbocycles. The molecule has 0 radical (unpaired) electrons. The van der Waals surface area contributed by atoms with Crippen LogP contribution in [0.3, 0.4) is 0 Å². The molecule has 0 bridgehead atoms. The Morgan fingerprint density at radius 2 is 1.83 bits per heavy atom. The quantitative estimate of drug-likeness (QED) is 0.810. The molecule has 0 spiro atoms. The summed E-state index contributed by atoms with van der Waals surface area (Å²) in [4.78, 5) is 4.43. The third kappa shape index (κ3) is 3.44. The summed E-state index contributed by atoms with van der Waals surface area (Å²) in [6.45, 7) is 8.35. The maximum atomic E-state index is 4.43. The number of nitrogens with zero attached hydrogens (tertiary/aromatic N) is 1. The molecular formula is C15H21N3. The molecule has 2 aromatic rings. The van der Waals surface area contributed by atoms with E-state index in [0.717, 1.165) is 24.3 Å². The maximum Gasteiger partial charge on any atom is 0.0933 e. The fraction of sp³-hybridized carbons (Fsp3) is 0.400. The maximum absolute atomic E-state index is 4.43. The molecule has 1 aromatic carbocycles. The van der Waals surface area contributed by atoms with E-state index in [1.807, 2.05) is 12.3 Å². The minimum absolute atomic E-state index is 0.165. The van der Waals surface area contributed by atoms with E-state index >= 15 is 0 Å². The van der Waals surface area contributed by atoms with Crippen molar-refractivity contribution in [3.8, 4) is 0 Å². The van der Waals surface area contributed by atoms with Crippen molar-refractivity contribution in [1.82, 2.24) is 10.3 Å². The standard InChI is InChI=1S/C15H21N3/c1-15(2,3)18-11-10-16-13-8-4-6-12-7-5-9-17-14(12)13/h4-9,16,18H,10-11H2,1-3H3. The number of nitrogens with one attached hydrogen (secondary N) is 2. The molecule has 0 aliphatic rings. The van der Waals surface area contributed by atoms with Gasteiger partial charge in [0.05, 0.1) is 11.2 Å². The summed E-state index contributed by atoms with van der Waals surface area (Å²) < 4.78 is 0. The SMILES string of the molecule is CC(C)(C)NCCNc1cccc2cccnc12. The van der Waals surface area contributed by atoms with E-state index in [1.165, 1.54) is 5.39 Å². The first-order valence-electron chi connectivity index (χ1n) is 6.39. The predicted octanol–water partition coefficient (Wildman–Crippen LogP) is 3.03. The summed E-state index contributed by atoms with van der Waals surface area (Å²) in [5.74, 6) is 0. The lowest BCUT2D eigenvalue weighted by molar-refractivity contribution is 0.435. The third-order valence-electron chi connectivity index (χ3n) is 2.73. The van der Waals surface area contributed by atoms with Crippen molar-refractivity contribution in [3.05, 3.63) is 36.5 Å². The van der Waals surface area contributed by atoms with Crippen LogP contribution in [0.25, 0.3) is 10.9 Å². The minimum Gasteiger partial charge on any atom is -0.382 e. The van der Waals surface area contributed by atoms with Crippen LogP contribution in [0, 0.1) is 0 Å². The van der Waals surface area contributed by atoms with Crippen molar-refractivity contribution < 1.29 is 0 Å². The van der Waals surface area contributed by atoms with Gasteiger partial charge in [-0.3, -0.25) is 4.98 Å². The van der Waals surface area contributed by atoms with E-state index in [0.29, 0.717) is 0 Å². The Kier molecular flexibility index (Phi) is 3.82. The molecule has 2 rings (SSSR count). The summed E-state index contributed by atoms with van der Waals surface area (Å²) in [5.41, 5.74) is 2.30. The van der Waals surface area contributed by atoms with Crippen LogP contribution < -0.4 is 10.6 Å². The monoisotopic (exact) mass is 243 g/mol. The first kappa shape index (κ1) is 12.8. The molecule has 0 aliphatic carbocycles. The first-order valence-corrected chi connectivity index (χ1v) is 6.39. The second-order valence-electron chi connectivity index (χ2n) is 5.48. The Bertz CT molecular complexity index is 509. The molecule has 1 aromatic heterocycles. The second-order valence-corrected chi connectivity index (χ2v) is 5.48. The third-order valence-corrected chi connectivity index (χ3v) is 2.73. The average molecular weight is 243 g/mol. The Balaban J connectivity index is 2.00. The van der Waals surface area contributed by atoms with E-state index in [-0.39, 0.29) is 5.54 Å². The number of hydrogen-bond acceptors (Lipinski definition) is 3. The van der Waals surface area contributed by atoms with Gasteiger partial charge in [0.2, 0.25) is 0 Å². The number of hydrogen-bond donors (Lipinski definition) is 2. The first-order chi connectivity index (χ1) is 8.56. The van der Waals surface area contributed by atoms with Gasteiger partial charge in [-0.1, -0.05) is 18.2 Å². The van der Waals surface area contributed by atoms with Gasteiger partial charge in [0.1, 0.15) is 0 Å². The van der Waals surface area contributed by atoms with Crippen molar-refractivity contribution in [2.24, 2.45) is 0 Å². The van der Waals surface area contributed by atoms with Gasteiger partial charge < -0.3 is 10.6 Å². The van der Waals surface area contributed by atoms with E-state index in [9.17, 15) is 0 Å².